The molecule has 0 radical (unpaired) electrons. The summed E-state index contributed by atoms with van der Waals surface area (Å²) in [6.07, 6.45) is 3.52. The lowest BCUT2D eigenvalue weighted by Crippen LogP contribution is -1.88. The molecule has 0 spiro atoms. The first-order valence-electron chi connectivity index (χ1n) is 7.13. The minimum absolute atomic E-state index is 0.476. The first-order valence-corrected chi connectivity index (χ1v) is 7.92. The number of nitriles is 2. The van der Waals surface area contributed by atoms with Crippen molar-refractivity contribution < 1.29 is 4.74 Å². The second-order valence-corrected chi connectivity index (χ2v) is 6.04. The van der Waals surface area contributed by atoms with E-state index >= 15 is 0 Å². The van der Waals surface area contributed by atoms with Gasteiger partial charge in [0, 0.05) is 27.1 Å². The number of aromatic amines is 1. The summed E-state index contributed by atoms with van der Waals surface area (Å²) in [5.74, 6) is 0.638. The second kappa shape index (κ2) is 6.62. The monoisotopic (exact) mass is 377 g/mol. The number of fused-ring (bicyclic) bond motifs is 1. The maximum absolute atomic E-state index is 9.62. The van der Waals surface area contributed by atoms with Gasteiger partial charge in [0.2, 0.25) is 0 Å². The van der Waals surface area contributed by atoms with E-state index in [0.717, 1.165) is 20.9 Å². The van der Waals surface area contributed by atoms with Crippen molar-refractivity contribution in [2.45, 2.75) is 0 Å². The number of ether oxygens (including phenoxy) is 1. The summed E-state index contributed by atoms with van der Waals surface area (Å²) < 4.78 is 6.15. The fourth-order valence-electron chi connectivity index (χ4n) is 2.53. The molecule has 0 amide bonds. The van der Waals surface area contributed by atoms with Gasteiger partial charge in [0.05, 0.1) is 30.4 Å². The molecule has 3 rings (SSSR count). The molecule has 0 saturated carbocycles. The highest BCUT2D eigenvalue weighted by Gasteiger charge is 2.11. The normalized spacial score (nSPS) is 11.1. The number of benzene rings is 2. The number of methoxy groups -OCH3 is 1. The van der Waals surface area contributed by atoms with Crippen LogP contribution in [-0.4, -0.2) is 12.1 Å². The van der Waals surface area contributed by atoms with Crippen molar-refractivity contribution in [3.63, 3.8) is 0 Å². The van der Waals surface area contributed by atoms with Gasteiger partial charge in [0.15, 0.2) is 0 Å². The van der Waals surface area contributed by atoms with Crippen molar-refractivity contribution in [2.24, 2.45) is 0 Å². The van der Waals surface area contributed by atoms with Gasteiger partial charge in [-0.1, -0.05) is 15.9 Å². The van der Waals surface area contributed by atoms with E-state index in [0.29, 0.717) is 22.4 Å². The molecular weight excluding hydrogens is 366 g/mol. The van der Waals surface area contributed by atoms with Crippen LogP contribution in [0.1, 0.15) is 16.7 Å². The van der Waals surface area contributed by atoms with Crippen LogP contribution < -0.4 is 4.74 Å². The number of aromatic nitrogens is 1. The Morgan fingerprint density at radius 1 is 1.21 bits per heavy atom. The Bertz CT molecular complexity index is 1030. The molecule has 0 saturated heterocycles. The van der Waals surface area contributed by atoms with Crippen molar-refractivity contribution in [2.75, 3.05) is 7.11 Å². The Morgan fingerprint density at radius 2 is 2.04 bits per heavy atom. The Kier molecular flexibility index (Phi) is 4.37. The number of hydrogen-bond acceptors (Lipinski definition) is 3. The van der Waals surface area contributed by atoms with Gasteiger partial charge in [-0.05, 0) is 48.0 Å². The zero-order valence-corrected chi connectivity index (χ0v) is 14.4. The van der Waals surface area contributed by atoms with Gasteiger partial charge in [-0.3, -0.25) is 0 Å². The summed E-state index contributed by atoms with van der Waals surface area (Å²) in [4.78, 5) is 3.16. The largest absolute Gasteiger partial charge is 0.497 e. The zero-order valence-electron chi connectivity index (χ0n) is 12.8. The highest BCUT2D eigenvalue weighted by molar-refractivity contribution is 9.10. The van der Waals surface area contributed by atoms with E-state index in [2.05, 4.69) is 33.1 Å². The molecule has 0 aliphatic rings. The number of nitrogens with one attached hydrogen (secondary N) is 1. The molecule has 2 aromatic carbocycles. The molecule has 0 atom stereocenters. The van der Waals surface area contributed by atoms with Gasteiger partial charge >= 0.3 is 0 Å². The quantitative estimate of drug-likeness (QED) is 0.661. The third-order valence-corrected chi connectivity index (χ3v) is 4.23. The van der Waals surface area contributed by atoms with Crippen molar-refractivity contribution >= 4 is 38.5 Å². The van der Waals surface area contributed by atoms with E-state index in [4.69, 9.17) is 4.74 Å². The first-order chi connectivity index (χ1) is 11.7. The predicted octanol–water partition coefficient (Wildman–Crippen LogP) is 4.87. The Balaban J connectivity index is 2.19. The zero-order chi connectivity index (χ0) is 17.1. The minimum Gasteiger partial charge on any atom is -0.497 e. The van der Waals surface area contributed by atoms with E-state index in [1.54, 1.807) is 37.6 Å². The molecule has 0 unspecified atom stereocenters. The van der Waals surface area contributed by atoms with E-state index in [1.165, 1.54) is 0 Å². The molecule has 116 valence electrons. The predicted molar refractivity (Wildman–Crippen MR) is 97.2 cm³/mol. The van der Waals surface area contributed by atoms with Gasteiger partial charge < -0.3 is 9.72 Å². The fraction of sp³-hybridized carbons (Fsp3) is 0.0526. The van der Waals surface area contributed by atoms with Gasteiger partial charge in [-0.25, -0.2) is 0 Å². The van der Waals surface area contributed by atoms with Crippen LogP contribution in [0.15, 0.2) is 47.1 Å². The van der Waals surface area contributed by atoms with Crippen LogP contribution in [0.3, 0.4) is 0 Å². The molecule has 1 aromatic heterocycles. The lowest BCUT2D eigenvalue weighted by molar-refractivity contribution is 0.414. The highest BCUT2D eigenvalue weighted by atomic mass is 79.9. The molecule has 0 aliphatic carbocycles. The van der Waals surface area contributed by atoms with Crippen LogP contribution in [0, 0.1) is 22.7 Å². The topological polar surface area (TPSA) is 72.6 Å². The number of allylic oxidation sites excluding steroid dienone is 1. The average Bonchev–Trinajstić information content (AvgIpc) is 3.02. The van der Waals surface area contributed by atoms with Gasteiger partial charge in [-0.2, -0.15) is 10.5 Å². The molecule has 5 heteroatoms. The molecule has 1 N–H and O–H groups in total. The van der Waals surface area contributed by atoms with Crippen molar-refractivity contribution in [1.82, 2.24) is 4.98 Å². The van der Waals surface area contributed by atoms with E-state index < -0.39 is 0 Å². The summed E-state index contributed by atoms with van der Waals surface area (Å²) in [5.41, 5.74) is 3.35. The smallest absolute Gasteiger partial charge is 0.119 e. The summed E-state index contributed by atoms with van der Waals surface area (Å²) in [6, 6.07) is 15.4. The van der Waals surface area contributed by atoms with Crippen molar-refractivity contribution in [1.29, 1.82) is 10.5 Å². The third kappa shape index (κ3) is 2.90. The lowest BCUT2D eigenvalue weighted by Gasteiger charge is -2.04. The molecule has 0 bridgehead atoms. The van der Waals surface area contributed by atoms with Gasteiger partial charge in [-0.15, -0.1) is 0 Å². The van der Waals surface area contributed by atoms with E-state index in [1.807, 2.05) is 18.2 Å². The second-order valence-electron chi connectivity index (χ2n) is 5.13. The standard InChI is InChI=1S/C19H12BrN3O/c1-24-16-4-2-12(9-21)13(7-16)6-14(10-22)18-11-23-19-5-3-15(20)8-17(18)19/h2-8,11,23H,1H3/b14-6+. The van der Waals surface area contributed by atoms with Gasteiger partial charge in [0.1, 0.15) is 5.75 Å². The molecular formula is C19H12BrN3O. The first kappa shape index (κ1) is 15.9. The Morgan fingerprint density at radius 3 is 2.75 bits per heavy atom. The maximum Gasteiger partial charge on any atom is 0.119 e. The Labute approximate surface area is 147 Å². The number of hydrogen-bond donors (Lipinski definition) is 1. The van der Waals surface area contributed by atoms with E-state index in [9.17, 15) is 10.5 Å². The number of H-pyrrole nitrogens is 1. The summed E-state index contributed by atoms with van der Waals surface area (Å²) in [6.45, 7) is 0. The summed E-state index contributed by atoms with van der Waals surface area (Å²) in [7, 11) is 1.57. The maximum atomic E-state index is 9.62. The molecule has 0 fully saturated rings. The van der Waals surface area contributed by atoms with E-state index in [-0.39, 0.29) is 0 Å². The minimum atomic E-state index is 0.476. The van der Waals surface area contributed by atoms with Gasteiger partial charge in [0.25, 0.3) is 0 Å². The number of halogens is 1. The fourth-order valence-corrected chi connectivity index (χ4v) is 2.89. The highest BCUT2D eigenvalue weighted by Crippen LogP contribution is 2.30. The van der Waals surface area contributed by atoms with Crippen LogP contribution in [0.4, 0.5) is 0 Å². The average molecular weight is 378 g/mol. The molecule has 3 aromatic rings. The molecule has 1 heterocycles. The number of rotatable bonds is 3. The number of nitrogens with zero attached hydrogens (tertiary/aromatic N) is 2. The molecule has 24 heavy (non-hydrogen) atoms. The van der Waals surface area contributed by atoms with Crippen LogP contribution in [0.5, 0.6) is 5.75 Å². The van der Waals surface area contributed by atoms with Crippen LogP contribution in [0.2, 0.25) is 0 Å². The van der Waals surface area contributed by atoms with Crippen LogP contribution in [-0.2, 0) is 0 Å². The Hall–Kier alpha value is -3.02. The summed E-state index contributed by atoms with van der Waals surface area (Å²) in [5, 5.41) is 19.9. The SMILES string of the molecule is COc1ccc(C#N)c(/C=C(\C#N)c2c[nH]c3ccc(Br)cc23)c1. The van der Waals surface area contributed by atoms with Crippen LogP contribution >= 0.6 is 15.9 Å². The van der Waals surface area contributed by atoms with Crippen molar-refractivity contribution in [3.8, 4) is 17.9 Å². The molecule has 0 aliphatic heterocycles. The molecule has 4 nitrogen and oxygen atoms in total. The lowest BCUT2D eigenvalue weighted by atomic mass is 10.0. The third-order valence-electron chi connectivity index (χ3n) is 3.73. The van der Waals surface area contributed by atoms with Crippen LogP contribution in [0.25, 0.3) is 22.6 Å². The van der Waals surface area contributed by atoms with Crippen molar-refractivity contribution in [3.05, 3.63) is 63.8 Å². The summed E-state index contributed by atoms with van der Waals surface area (Å²) >= 11 is 3.45.